The summed E-state index contributed by atoms with van der Waals surface area (Å²) in [7, 11) is 2.01. The van der Waals surface area contributed by atoms with E-state index >= 15 is 0 Å². The molecular formula is C16H22N2O2. The van der Waals surface area contributed by atoms with Crippen LogP contribution in [0.4, 0.5) is 0 Å². The monoisotopic (exact) mass is 274 g/mol. The molecule has 0 aliphatic heterocycles. The van der Waals surface area contributed by atoms with Gasteiger partial charge in [-0.1, -0.05) is 19.4 Å². The lowest BCUT2D eigenvalue weighted by Crippen LogP contribution is -2.29. The first-order chi connectivity index (χ1) is 9.74. The number of hydrogen-bond donors (Lipinski definition) is 1. The smallest absolute Gasteiger partial charge is 0.408 e. The molecule has 1 heterocycles. The van der Waals surface area contributed by atoms with Crippen molar-refractivity contribution in [3.8, 4) is 0 Å². The summed E-state index contributed by atoms with van der Waals surface area (Å²) < 4.78 is 7.12. The van der Waals surface area contributed by atoms with Crippen LogP contribution in [-0.4, -0.2) is 11.6 Å². The minimum Gasteiger partial charge on any atom is -0.408 e. The molecule has 4 nitrogen and oxygen atoms in total. The molecule has 0 saturated heterocycles. The summed E-state index contributed by atoms with van der Waals surface area (Å²) in [6.45, 7) is 2.77. The molecule has 3 rings (SSSR count). The number of rotatable bonds is 5. The highest BCUT2D eigenvalue weighted by Crippen LogP contribution is 2.38. The highest BCUT2D eigenvalue weighted by molar-refractivity contribution is 5.74. The minimum atomic E-state index is -0.247. The van der Waals surface area contributed by atoms with Crippen molar-refractivity contribution in [2.45, 2.75) is 45.2 Å². The van der Waals surface area contributed by atoms with E-state index in [1.165, 1.54) is 24.8 Å². The molecule has 1 aliphatic carbocycles. The molecule has 1 unspecified atom stereocenters. The van der Waals surface area contributed by atoms with E-state index in [0.717, 1.165) is 11.9 Å². The first kappa shape index (κ1) is 13.4. The Morgan fingerprint density at radius 1 is 1.45 bits per heavy atom. The van der Waals surface area contributed by atoms with Crippen LogP contribution in [0.1, 0.15) is 44.2 Å². The van der Waals surface area contributed by atoms with Crippen molar-refractivity contribution in [3.05, 3.63) is 34.3 Å². The van der Waals surface area contributed by atoms with Crippen molar-refractivity contribution in [1.82, 2.24) is 9.88 Å². The zero-order chi connectivity index (χ0) is 14.1. The van der Waals surface area contributed by atoms with Crippen LogP contribution in [0.25, 0.3) is 11.1 Å². The molecule has 0 spiro atoms. The van der Waals surface area contributed by atoms with E-state index in [1.807, 2.05) is 19.2 Å². The fourth-order valence-electron chi connectivity index (χ4n) is 3.16. The largest absolute Gasteiger partial charge is 0.419 e. The molecule has 1 fully saturated rings. The lowest BCUT2D eigenvalue weighted by Gasteiger charge is -2.33. The predicted octanol–water partition coefficient (Wildman–Crippen LogP) is 3.07. The van der Waals surface area contributed by atoms with Gasteiger partial charge in [-0.05, 0) is 49.9 Å². The molecule has 1 N–H and O–H groups in total. The van der Waals surface area contributed by atoms with Crippen LogP contribution in [0, 0.1) is 5.92 Å². The van der Waals surface area contributed by atoms with Crippen molar-refractivity contribution >= 4 is 11.1 Å². The lowest BCUT2D eigenvalue weighted by molar-refractivity contribution is 0.239. The molecule has 1 atom stereocenters. The molecule has 0 radical (unpaired) electrons. The Kier molecular flexibility index (Phi) is 3.66. The van der Waals surface area contributed by atoms with Gasteiger partial charge in [0.25, 0.3) is 0 Å². The van der Waals surface area contributed by atoms with E-state index < -0.39 is 0 Å². The van der Waals surface area contributed by atoms with Crippen molar-refractivity contribution in [1.29, 1.82) is 0 Å². The van der Waals surface area contributed by atoms with E-state index in [1.54, 1.807) is 4.57 Å². The molecule has 1 saturated carbocycles. The number of oxazole rings is 1. The average molecular weight is 274 g/mol. The number of fused-ring (bicyclic) bond motifs is 1. The van der Waals surface area contributed by atoms with Gasteiger partial charge in [-0.3, -0.25) is 4.57 Å². The highest BCUT2D eigenvalue weighted by atomic mass is 16.4. The summed E-state index contributed by atoms with van der Waals surface area (Å²) in [4.78, 5) is 11.9. The maximum Gasteiger partial charge on any atom is 0.419 e. The van der Waals surface area contributed by atoms with Crippen molar-refractivity contribution in [2.75, 3.05) is 7.05 Å². The topological polar surface area (TPSA) is 47.2 Å². The second-order valence-corrected chi connectivity index (χ2v) is 5.70. The number of nitrogens with zero attached hydrogens (tertiary/aromatic N) is 1. The second-order valence-electron chi connectivity index (χ2n) is 5.70. The summed E-state index contributed by atoms with van der Waals surface area (Å²) >= 11 is 0. The van der Waals surface area contributed by atoms with Gasteiger partial charge in [0.05, 0.1) is 5.52 Å². The summed E-state index contributed by atoms with van der Waals surface area (Å²) in [6.07, 6.45) is 4.82. The summed E-state index contributed by atoms with van der Waals surface area (Å²) in [5.41, 5.74) is 2.84. The molecule has 2 aromatic rings. The Hall–Kier alpha value is -1.55. The first-order valence-electron chi connectivity index (χ1n) is 7.55. The maximum atomic E-state index is 11.9. The molecule has 20 heavy (non-hydrogen) atoms. The molecule has 0 amide bonds. The van der Waals surface area contributed by atoms with Crippen LogP contribution in [0.15, 0.2) is 27.4 Å². The average Bonchev–Trinajstić information content (AvgIpc) is 2.70. The van der Waals surface area contributed by atoms with Crippen molar-refractivity contribution in [3.63, 3.8) is 0 Å². The molecular weight excluding hydrogens is 252 g/mol. The Morgan fingerprint density at radius 2 is 2.25 bits per heavy atom. The summed E-state index contributed by atoms with van der Waals surface area (Å²) in [5, 5.41) is 3.40. The van der Waals surface area contributed by atoms with Gasteiger partial charge in [-0.2, -0.15) is 0 Å². The van der Waals surface area contributed by atoms with Crippen LogP contribution < -0.4 is 11.1 Å². The minimum absolute atomic E-state index is 0.247. The van der Waals surface area contributed by atoms with Crippen LogP contribution in [0.2, 0.25) is 0 Å². The maximum absolute atomic E-state index is 11.9. The highest BCUT2D eigenvalue weighted by Gasteiger charge is 2.27. The van der Waals surface area contributed by atoms with E-state index in [2.05, 4.69) is 18.3 Å². The zero-order valence-corrected chi connectivity index (χ0v) is 12.2. The Morgan fingerprint density at radius 3 is 2.85 bits per heavy atom. The third kappa shape index (κ3) is 2.18. The van der Waals surface area contributed by atoms with Crippen LogP contribution in [0.3, 0.4) is 0 Å². The SMILES string of the molecule is CCCn1c(=O)oc2cc(C(NC)C3CCC3)ccc21. The van der Waals surface area contributed by atoms with E-state index in [4.69, 9.17) is 4.42 Å². The zero-order valence-electron chi connectivity index (χ0n) is 12.2. The van der Waals surface area contributed by atoms with Crippen molar-refractivity contribution in [2.24, 2.45) is 5.92 Å². The van der Waals surface area contributed by atoms with Crippen LogP contribution in [-0.2, 0) is 6.54 Å². The fraction of sp³-hybridized carbons (Fsp3) is 0.562. The number of aryl methyl sites for hydroxylation is 1. The van der Waals surface area contributed by atoms with E-state index in [9.17, 15) is 4.79 Å². The van der Waals surface area contributed by atoms with Gasteiger partial charge in [0, 0.05) is 12.6 Å². The normalized spacial score (nSPS) is 17.3. The van der Waals surface area contributed by atoms with E-state index in [0.29, 0.717) is 24.1 Å². The molecule has 1 aliphatic rings. The first-order valence-corrected chi connectivity index (χ1v) is 7.55. The number of nitrogens with one attached hydrogen (secondary N) is 1. The van der Waals surface area contributed by atoms with Gasteiger partial charge in [0.2, 0.25) is 0 Å². The number of hydrogen-bond acceptors (Lipinski definition) is 3. The fourth-order valence-corrected chi connectivity index (χ4v) is 3.16. The molecule has 108 valence electrons. The lowest BCUT2D eigenvalue weighted by atomic mass is 9.77. The van der Waals surface area contributed by atoms with Gasteiger partial charge in [0.1, 0.15) is 0 Å². The third-order valence-electron chi connectivity index (χ3n) is 4.43. The van der Waals surface area contributed by atoms with Crippen LogP contribution >= 0.6 is 0 Å². The Labute approximate surface area is 118 Å². The predicted molar refractivity (Wildman–Crippen MR) is 79.9 cm³/mol. The molecule has 1 aromatic carbocycles. The van der Waals surface area contributed by atoms with Gasteiger partial charge >= 0.3 is 5.76 Å². The molecule has 0 bridgehead atoms. The van der Waals surface area contributed by atoms with E-state index in [-0.39, 0.29) is 5.76 Å². The van der Waals surface area contributed by atoms with Gasteiger partial charge in [-0.25, -0.2) is 4.79 Å². The van der Waals surface area contributed by atoms with Crippen molar-refractivity contribution < 1.29 is 4.42 Å². The standard InChI is InChI=1S/C16H22N2O2/c1-3-9-18-13-8-7-12(10-14(13)20-16(18)19)15(17-2)11-5-4-6-11/h7-8,10-11,15,17H,3-6,9H2,1-2H3. The number of benzene rings is 1. The quantitative estimate of drug-likeness (QED) is 0.911. The number of aromatic nitrogens is 1. The van der Waals surface area contributed by atoms with Crippen LogP contribution in [0.5, 0.6) is 0 Å². The second kappa shape index (κ2) is 5.44. The summed E-state index contributed by atoms with van der Waals surface area (Å²) in [5.74, 6) is 0.463. The molecule has 4 heteroatoms. The van der Waals surface area contributed by atoms with Gasteiger partial charge in [-0.15, -0.1) is 0 Å². The third-order valence-corrected chi connectivity index (χ3v) is 4.43. The summed E-state index contributed by atoms with van der Waals surface area (Å²) in [6, 6.07) is 6.55. The van der Waals surface area contributed by atoms with Gasteiger partial charge < -0.3 is 9.73 Å². The Bertz CT molecular complexity index is 652. The molecule has 1 aromatic heterocycles. The van der Waals surface area contributed by atoms with Gasteiger partial charge in [0.15, 0.2) is 5.58 Å². The Balaban J connectivity index is 2.00.